The van der Waals surface area contributed by atoms with Crippen molar-refractivity contribution in [3.05, 3.63) is 70.5 Å². The fourth-order valence-electron chi connectivity index (χ4n) is 3.28. The monoisotopic (exact) mass is 425 g/mol. The molecule has 2 aromatic carbocycles. The lowest BCUT2D eigenvalue weighted by Crippen LogP contribution is -1.97. The lowest BCUT2D eigenvalue weighted by Gasteiger charge is -2.14. The number of aromatic nitrogens is 2. The maximum absolute atomic E-state index is 11.1. The van der Waals surface area contributed by atoms with E-state index in [0.29, 0.717) is 27.2 Å². The van der Waals surface area contributed by atoms with Gasteiger partial charge in [-0.25, -0.2) is 0 Å². The Balaban J connectivity index is 1.76. The lowest BCUT2D eigenvalue weighted by molar-refractivity contribution is 0.111. The number of fused-ring (bicyclic) bond motifs is 1. The van der Waals surface area contributed by atoms with E-state index in [-0.39, 0.29) is 0 Å². The third-order valence-corrected chi connectivity index (χ3v) is 5.44. The molecule has 2 aromatic heterocycles. The number of ether oxygens (including phenoxy) is 1. The Labute approximate surface area is 177 Å². The topological polar surface area (TPSA) is 56.1 Å². The molecule has 0 atom stereocenters. The van der Waals surface area contributed by atoms with Crippen molar-refractivity contribution in [2.45, 2.75) is 0 Å². The fraction of sp³-hybridized carbons (Fsp3) is 0.0909. The fourth-order valence-corrected chi connectivity index (χ4v) is 3.79. The van der Waals surface area contributed by atoms with E-state index in [9.17, 15) is 4.79 Å². The first-order valence-electron chi connectivity index (χ1n) is 8.82. The molecule has 0 unspecified atom stereocenters. The summed E-state index contributed by atoms with van der Waals surface area (Å²) in [5.74, 6) is 0.536. The first-order valence-corrected chi connectivity index (χ1v) is 9.57. The van der Waals surface area contributed by atoms with Crippen molar-refractivity contribution in [1.29, 1.82) is 0 Å². The summed E-state index contributed by atoms with van der Waals surface area (Å²) >= 11 is 12.5. The van der Waals surface area contributed by atoms with Crippen LogP contribution in [0.1, 0.15) is 10.5 Å². The van der Waals surface area contributed by atoms with Crippen molar-refractivity contribution in [2.75, 3.05) is 12.4 Å². The van der Waals surface area contributed by atoms with E-state index in [4.69, 9.17) is 27.9 Å². The summed E-state index contributed by atoms with van der Waals surface area (Å²) < 4.78 is 7.14. The van der Waals surface area contributed by atoms with Crippen molar-refractivity contribution in [2.24, 2.45) is 7.05 Å². The smallest absolute Gasteiger partial charge is 0.166 e. The van der Waals surface area contributed by atoms with Gasteiger partial charge in [-0.05, 0) is 30.3 Å². The molecule has 2 heterocycles. The molecule has 29 heavy (non-hydrogen) atoms. The molecular formula is C22H17Cl2N3O2. The van der Waals surface area contributed by atoms with Crippen LogP contribution in [0, 0.1) is 0 Å². The first-order chi connectivity index (χ1) is 14.0. The number of pyridine rings is 1. The molecule has 0 saturated carbocycles. The Morgan fingerprint density at radius 2 is 1.86 bits per heavy atom. The predicted octanol–water partition coefficient (Wildman–Crippen LogP) is 6.11. The zero-order valence-electron chi connectivity index (χ0n) is 15.7. The van der Waals surface area contributed by atoms with Gasteiger partial charge in [0.25, 0.3) is 0 Å². The number of nitrogens with one attached hydrogen (secondary N) is 1. The van der Waals surface area contributed by atoms with E-state index in [1.165, 1.54) is 0 Å². The molecule has 1 N–H and O–H groups in total. The predicted molar refractivity (Wildman–Crippen MR) is 118 cm³/mol. The Bertz CT molecular complexity index is 1230. The van der Waals surface area contributed by atoms with Crippen LogP contribution in [0.15, 0.2) is 54.7 Å². The minimum atomic E-state index is 0.449. The van der Waals surface area contributed by atoms with E-state index in [1.54, 1.807) is 31.5 Å². The third-order valence-electron chi connectivity index (χ3n) is 4.83. The maximum atomic E-state index is 11.1. The van der Waals surface area contributed by atoms with E-state index >= 15 is 0 Å². The molecule has 0 spiro atoms. The summed E-state index contributed by atoms with van der Waals surface area (Å²) in [5.41, 5.74) is 4.90. The summed E-state index contributed by atoms with van der Waals surface area (Å²) in [7, 11) is 3.42. The average molecular weight is 426 g/mol. The Morgan fingerprint density at radius 1 is 1.03 bits per heavy atom. The van der Waals surface area contributed by atoms with Gasteiger partial charge in [0.1, 0.15) is 5.75 Å². The number of carbonyl (C=O) groups excluding carboxylic acids is 1. The molecular weight excluding hydrogens is 409 g/mol. The molecule has 0 aliphatic rings. The highest BCUT2D eigenvalue weighted by Crippen LogP contribution is 2.37. The number of benzene rings is 2. The summed E-state index contributed by atoms with van der Waals surface area (Å²) in [5, 5.41) is 5.21. The molecule has 0 fully saturated rings. The Morgan fingerprint density at radius 3 is 2.59 bits per heavy atom. The standard InChI is InChI=1S/C22H17Cl2N3O2/c1-27-14(12-28)4-6-21(27)13-3-5-15-18(7-8-25-19(15)9-13)26-20-11-22(29-2)17(24)10-16(20)23/h3-12H,1-2H3,(H,25,26). The number of anilines is 2. The first kappa shape index (κ1) is 19.3. The summed E-state index contributed by atoms with van der Waals surface area (Å²) in [6.45, 7) is 0. The minimum absolute atomic E-state index is 0.449. The second-order valence-electron chi connectivity index (χ2n) is 6.50. The van der Waals surface area contributed by atoms with E-state index < -0.39 is 0 Å². The van der Waals surface area contributed by atoms with Gasteiger partial charge in [0.15, 0.2) is 6.29 Å². The van der Waals surface area contributed by atoms with Crippen LogP contribution in [0.5, 0.6) is 5.75 Å². The molecule has 146 valence electrons. The van der Waals surface area contributed by atoms with Crippen molar-refractivity contribution in [1.82, 2.24) is 9.55 Å². The molecule has 4 rings (SSSR count). The molecule has 0 aliphatic heterocycles. The van der Waals surface area contributed by atoms with Gasteiger partial charge in [-0.1, -0.05) is 35.3 Å². The van der Waals surface area contributed by atoms with Gasteiger partial charge in [0.05, 0.1) is 34.1 Å². The highest BCUT2D eigenvalue weighted by Gasteiger charge is 2.12. The molecule has 5 nitrogen and oxygen atoms in total. The number of nitrogens with zero attached hydrogens (tertiary/aromatic N) is 2. The zero-order valence-corrected chi connectivity index (χ0v) is 17.3. The van der Waals surface area contributed by atoms with Crippen LogP contribution in [0.3, 0.4) is 0 Å². The number of halogens is 2. The van der Waals surface area contributed by atoms with Crippen LogP contribution in [0.2, 0.25) is 10.0 Å². The molecule has 0 saturated heterocycles. The molecule has 0 bridgehead atoms. The van der Waals surface area contributed by atoms with Crippen LogP contribution in [0.4, 0.5) is 11.4 Å². The number of hydrogen-bond acceptors (Lipinski definition) is 4. The zero-order chi connectivity index (χ0) is 20.5. The number of rotatable bonds is 5. The van der Waals surface area contributed by atoms with Crippen LogP contribution >= 0.6 is 23.2 Å². The molecule has 0 amide bonds. The number of carbonyl (C=O) groups is 1. The highest BCUT2D eigenvalue weighted by atomic mass is 35.5. The summed E-state index contributed by atoms with van der Waals surface area (Å²) in [4.78, 5) is 15.6. The van der Waals surface area contributed by atoms with Crippen LogP contribution in [0.25, 0.3) is 22.2 Å². The summed E-state index contributed by atoms with van der Waals surface area (Å²) in [6.07, 6.45) is 2.58. The van der Waals surface area contributed by atoms with Gasteiger partial charge >= 0.3 is 0 Å². The van der Waals surface area contributed by atoms with E-state index in [0.717, 1.165) is 34.1 Å². The maximum Gasteiger partial charge on any atom is 0.166 e. The molecule has 0 radical (unpaired) electrons. The van der Waals surface area contributed by atoms with Crippen molar-refractivity contribution >= 4 is 51.8 Å². The Kier molecular flexibility index (Phi) is 5.18. The summed E-state index contributed by atoms with van der Waals surface area (Å²) in [6, 6.07) is 15.0. The van der Waals surface area contributed by atoms with Gasteiger partial charge < -0.3 is 14.6 Å². The quantitative estimate of drug-likeness (QED) is 0.391. The van der Waals surface area contributed by atoms with Gasteiger partial charge in [-0.3, -0.25) is 9.78 Å². The van der Waals surface area contributed by atoms with E-state index in [2.05, 4.69) is 10.3 Å². The second-order valence-corrected chi connectivity index (χ2v) is 7.32. The average Bonchev–Trinajstić information content (AvgIpc) is 3.10. The third kappa shape index (κ3) is 3.55. The lowest BCUT2D eigenvalue weighted by atomic mass is 10.1. The normalized spacial score (nSPS) is 10.9. The van der Waals surface area contributed by atoms with Crippen LogP contribution < -0.4 is 10.1 Å². The largest absolute Gasteiger partial charge is 0.495 e. The molecule has 0 aliphatic carbocycles. The van der Waals surface area contributed by atoms with Crippen molar-refractivity contribution in [3.63, 3.8) is 0 Å². The number of methoxy groups -OCH3 is 1. The second kappa shape index (κ2) is 7.78. The number of hydrogen-bond donors (Lipinski definition) is 1. The highest BCUT2D eigenvalue weighted by molar-refractivity contribution is 6.37. The molecule has 7 heteroatoms. The Hall–Kier alpha value is -3.02. The van der Waals surface area contributed by atoms with Crippen molar-refractivity contribution in [3.8, 4) is 17.0 Å². The van der Waals surface area contributed by atoms with E-state index in [1.807, 2.05) is 41.9 Å². The van der Waals surface area contributed by atoms with Crippen molar-refractivity contribution < 1.29 is 9.53 Å². The van der Waals surface area contributed by atoms with Gasteiger partial charge in [0.2, 0.25) is 0 Å². The van der Waals surface area contributed by atoms with Gasteiger partial charge in [-0.2, -0.15) is 0 Å². The van der Waals surface area contributed by atoms with Crippen LogP contribution in [-0.4, -0.2) is 22.9 Å². The number of aldehydes is 1. The van der Waals surface area contributed by atoms with Crippen LogP contribution in [-0.2, 0) is 7.05 Å². The van der Waals surface area contributed by atoms with Gasteiger partial charge in [-0.15, -0.1) is 0 Å². The molecule has 4 aromatic rings. The van der Waals surface area contributed by atoms with Gasteiger partial charge in [0, 0.05) is 41.6 Å². The SMILES string of the molecule is COc1cc(Nc2ccnc3cc(-c4ccc(C=O)n4C)ccc23)c(Cl)cc1Cl. The minimum Gasteiger partial charge on any atom is -0.495 e.